The number of carboxylic acid groups (broad SMARTS) is 1. The molecule has 0 heterocycles. The second-order valence-corrected chi connectivity index (χ2v) is 5.53. The lowest BCUT2D eigenvalue weighted by atomic mass is 10.1. The van der Waals surface area contributed by atoms with Crippen LogP contribution in [0.15, 0.2) is 36.4 Å². The molecule has 2 N–H and O–H groups in total. The maximum Gasteiger partial charge on any atom is 0.341 e. The Morgan fingerprint density at radius 2 is 1.61 bits per heavy atom. The summed E-state index contributed by atoms with van der Waals surface area (Å²) in [6, 6.07) is 9.63. The van der Waals surface area contributed by atoms with E-state index in [2.05, 4.69) is 5.32 Å². The van der Waals surface area contributed by atoms with Crippen LogP contribution in [0.3, 0.4) is 0 Å². The van der Waals surface area contributed by atoms with Crippen molar-refractivity contribution in [2.24, 2.45) is 0 Å². The third kappa shape index (κ3) is 5.54. The van der Waals surface area contributed by atoms with Crippen molar-refractivity contribution < 1.29 is 33.6 Å². The van der Waals surface area contributed by atoms with Crippen LogP contribution in [-0.2, 0) is 4.79 Å². The topological polar surface area (TPSA) is 103 Å². The van der Waals surface area contributed by atoms with Crippen molar-refractivity contribution in [3.05, 3.63) is 42.0 Å². The van der Waals surface area contributed by atoms with Gasteiger partial charge in [-0.15, -0.1) is 0 Å². The van der Waals surface area contributed by atoms with Gasteiger partial charge in [0.1, 0.15) is 11.5 Å². The molecule has 0 atom stereocenters. The number of hydrogen-bond donors (Lipinski definition) is 2. The van der Waals surface area contributed by atoms with E-state index >= 15 is 0 Å². The minimum Gasteiger partial charge on any atom is -0.497 e. The van der Waals surface area contributed by atoms with E-state index in [4.69, 9.17) is 24.1 Å². The minimum atomic E-state index is -1.11. The molecule has 8 heteroatoms. The van der Waals surface area contributed by atoms with Gasteiger partial charge >= 0.3 is 5.97 Å². The predicted octanol–water partition coefficient (Wildman–Crippen LogP) is 3.21. The minimum absolute atomic E-state index is 0.247. The van der Waals surface area contributed by atoms with Crippen LogP contribution in [0.25, 0.3) is 0 Å². The Hall–Kier alpha value is -3.42. The van der Waals surface area contributed by atoms with Gasteiger partial charge in [-0.05, 0) is 44.2 Å². The van der Waals surface area contributed by atoms with Gasteiger partial charge in [0.25, 0.3) is 5.91 Å². The molecule has 0 aromatic heterocycles. The van der Waals surface area contributed by atoms with Crippen molar-refractivity contribution >= 4 is 17.6 Å². The first kappa shape index (κ1) is 20.9. The highest BCUT2D eigenvalue weighted by atomic mass is 16.5. The summed E-state index contributed by atoms with van der Waals surface area (Å²) in [6.07, 6.45) is 0. The van der Waals surface area contributed by atoms with Gasteiger partial charge in [-0.3, -0.25) is 4.79 Å². The fourth-order valence-electron chi connectivity index (χ4n) is 2.39. The lowest BCUT2D eigenvalue weighted by Gasteiger charge is -2.14. The molecule has 2 aromatic rings. The highest BCUT2D eigenvalue weighted by molar-refractivity contribution is 6.05. The first-order valence-electron chi connectivity index (χ1n) is 8.72. The normalized spacial score (nSPS) is 10.1. The van der Waals surface area contributed by atoms with Crippen molar-refractivity contribution in [2.45, 2.75) is 13.8 Å². The summed E-state index contributed by atoms with van der Waals surface area (Å²) < 4.78 is 21.4. The molecule has 28 heavy (non-hydrogen) atoms. The highest BCUT2D eigenvalue weighted by Gasteiger charge is 2.15. The average molecular weight is 389 g/mol. The maximum atomic E-state index is 12.7. The molecule has 0 bridgehead atoms. The Morgan fingerprint density at radius 3 is 2.25 bits per heavy atom. The highest BCUT2D eigenvalue weighted by Crippen LogP contribution is 2.32. The van der Waals surface area contributed by atoms with E-state index in [-0.39, 0.29) is 17.4 Å². The number of rotatable bonds is 10. The molecule has 0 fully saturated rings. The van der Waals surface area contributed by atoms with Crippen LogP contribution >= 0.6 is 0 Å². The van der Waals surface area contributed by atoms with Gasteiger partial charge in [0, 0.05) is 11.6 Å². The van der Waals surface area contributed by atoms with Gasteiger partial charge in [-0.25, -0.2) is 4.79 Å². The van der Waals surface area contributed by atoms with Gasteiger partial charge in [0.05, 0.1) is 26.0 Å². The third-order valence-corrected chi connectivity index (χ3v) is 3.59. The van der Waals surface area contributed by atoms with Gasteiger partial charge in [-0.2, -0.15) is 0 Å². The van der Waals surface area contributed by atoms with E-state index in [9.17, 15) is 9.59 Å². The number of hydrogen-bond acceptors (Lipinski definition) is 6. The zero-order valence-corrected chi connectivity index (χ0v) is 16.0. The van der Waals surface area contributed by atoms with Crippen LogP contribution < -0.4 is 24.3 Å². The van der Waals surface area contributed by atoms with Gasteiger partial charge in [0.2, 0.25) is 0 Å². The number of benzene rings is 2. The number of nitrogens with one attached hydrogen (secondary N) is 1. The first-order chi connectivity index (χ1) is 13.5. The van der Waals surface area contributed by atoms with E-state index in [0.29, 0.717) is 36.0 Å². The number of aliphatic carboxylic acids is 1. The zero-order valence-electron chi connectivity index (χ0n) is 16.0. The Balaban J connectivity index is 2.26. The third-order valence-electron chi connectivity index (χ3n) is 3.59. The SMILES string of the molecule is CCOc1ccc(OC)cc1NC(=O)c1ccc(OCC(=O)O)c(OCC)c1. The summed E-state index contributed by atoms with van der Waals surface area (Å²) in [4.78, 5) is 23.4. The molecular formula is C20H23NO7. The van der Waals surface area contributed by atoms with Crippen LogP contribution in [-0.4, -0.2) is 43.9 Å². The molecule has 2 aromatic carbocycles. The van der Waals surface area contributed by atoms with Crippen LogP contribution in [0.4, 0.5) is 5.69 Å². The molecule has 0 aliphatic rings. The summed E-state index contributed by atoms with van der Waals surface area (Å²) in [7, 11) is 1.53. The first-order valence-corrected chi connectivity index (χ1v) is 8.72. The van der Waals surface area contributed by atoms with Crippen molar-refractivity contribution in [1.82, 2.24) is 0 Å². The van der Waals surface area contributed by atoms with Crippen LogP contribution in [0, 0.1) is 0 Å². The van der Waals surface area contributed by atoms with Crippen LogP contribution in [0.1, 0.15) is 24.2 Å². The number of anilines is 1. The number of ether oxygens (including phenoxy) is 4. The maximum absolute atomic E-state index is 12.7. The molecule has 0 spiro atoms. The Bertz CT molecular complexity index is 835. The Morgan fingerprint density at radius 1 is 0.929 bits per heavy atom. The van der Waals surface area contributed by atoms with Crippen LogP contribution in [0.5, 0.6) is 23.0 Å². The average Bonchev–Trinajstić information content (AvgIpc) is 2.68. The lowest BCUT2D eigenvalue weighted by Crippen LogP contribution is -2.14. The zero-order chi connectivity index (χ0) is 20.5. The summed E-state index contributed by atoms with van der Waals surface area (Å²) >= 11 is 0. The second-order valence-electron chi connectivity index (χ2n) is 5.53. The van der Waals surface area contributed by atoms with Crippen LogP contribution in [0.2, 0.25) is 0 Å². The quantitative estimate of drug-likeness (QED) is 0.643. The molecular weight excluding hydrogens is 366 g/mol. The number of amides is 1. The van der Waals surface area contributed by atoms with Crippen molar-refractivity contribution in [3.63, 3.8) is 0 Å². The second kappa shape index (κ2) is 10.1. The Labute approximate surface area is 163 Å². The van der Waals surface area contributed by atoms with E-state index in [1.807, 2.05) is 6.92 Å². The van der Waals surface area contributed by atoms with Crippen molar-refractivity contribution in [1.29, 1.82) is 0 Å². The molecule has 0 aliphatic carbocycles. The molecule has 0 unspecified atom stereocenters. The standard InChI is InChI=1S/C20H23NO7/c1-4-26-16-9-7-14(25-3)11-15(16)21-20(24)13-6-8-17(28-12-19(22)23)18(10-13)27-5-2/h6-11H,4-5,12H2,1-3H3,(H,21,24)(H,22,23). The molecule has 0 radical (unpaired) electrons. The summed E-state index contributed by atoms with van der Waals surface area (Å²) in [5.74, 6) is 0.129. The molecule has 150 valence electrons. The lowest BCUT2D eigenvalue weighted by molar-refractivity contribution is -0.139. The van der Waals surface area contributed by atoms with E-state index in [1.54, 1.807) is 25.1 Å². The fraction of sp³-hybridized carbons (Fsp3) is 0.300. The number of carbonyl (C=O) groups is 2. The fourth-order valence-corrected chi connectivity index (χ4v) is 2.39. The number of carboxylic acids is 1. The number of carbonyl (C=O) groups excluding carboxylic acids is 1. The van der Waals surface area contributed by atoms with E-state index in [1.165, 1.54) is 25.3 Å². The van der Waals surface area contributed by atoms with Crippen molar-refractivity contribution in [3.8, 4) is 23.0 Å². The number of methoxy groups -OCH3 is 1. The molecule has 0 saturated heterocycles. The Kier molecular flexibility index (Phi) is 7.50. The molecule has 0 aliphatic heterocycles. The molecule has 1 amide bonds. The van der Waals surface area contributed by atoms with E-state index in [0.717, 1.165) is 0 Å². The molecule has 0 saturated carbocycles. The van der Waals surface area contributed by atoms with E-state index < -0.39 is 12.6 Å². The summed E-state index contributed by atoms with van der Waals surface area (Å²) in [5, 5.41) is 11.6. The smallest absolute Gasteiger partial charge is 0.341 e. The largest absolute Gasteiger partial charge is 0.497 e. The van der Waals surface area contributed by atoms with Crippen molar-refractivity contribution in [2.75, 3.05) is 32.2 Å². The predicted molar refractivity (Wildman–Crippen MR) is 103 cm³/mol. The molecule has 2 rings (SSSR count). The molecule has 8 nitrogen and oxygen atoms in total. The van der Waals surface area contributed by atoms with Gasteiger partial charge in [-0.1, -0.05) is 0 Å². The van der Waals surface area contributed by atoms with Gasteiger partial charge in [0.15, 0.2) is 18.1 Å². The summed E-state index contributed by atoms with van der Waals surface area (Å²) in [5.41, 5.74) is 0.784. The summed E-state index contributed by atoms with van der Waals surface area (Å²) in [6.45, 7) is 3.89. The van der Waals surface area contributed by atoms with Gasteiger partial charge < -0.3 is 29.4 Å². The monoisotopic (exact) mass is 389 g/mol.